The van der Waals surface area contributed by atoms with Crippen LogP contribution in [0.3, 0.4) is 0 Å². The standard InChI is InChI=1S/C19H19ClF3N3/c1-11-5-6-16(25-10-11)18-13(4-2-3-7-24)14-8-12(20)9-15(17(14)26-18)19(21,22)23/h5-6,8-10,26H,2-4,7,24H2,1H3. The van der Waals surface area contributed by atoms with Crippen LogP contribution in [0.25, 0.3) is 22.3 Å². The predicted octanol–water partition coefficient (Wildman–Crippen LogP) is 5.49. The van der Waals surface area contributed by atoms with Gasteiger partial charge in [-0.3, -0.25) is 4.98 Å². The molecule has 2 heterocycles. The molecule has 3 nitrogen and oxygen atoms in total. The summed E-state index contributed by atoms with van der Waals surface area (Å²) in [6, 6.07) is 6.23. The highest BCUT2D eigenvalue weighted by atomic mass is 35.5. The van der Waals surface area contributed by atoms with E-state index in [9.17, 15) is 13.2 Å². The number of aromatic amines is 1. The molecular formula is C19H19ClF3N3. The molecule has 2 aromatic heterocycles. The molecule has 0 aliphatic carbocycles. The molecule has 0 atom stereocenters. The fraction of sp³-hybridized carbons (Fsp3) is 0.316. The van der Waals surface area contributed by atoms with Crippen LogP contribution in [0.4, 0.5) is 13.2 Å². The van der Waals surface area contributed by atoms with Gasteiger partial charge in [-0.1, -0.05) is 17.7 Å². The Morgan fingerprint density at radius 2 is 1.96 bits per heavy atom. The van der Waals surface area contributed by atoms with E-state index in [2.05, 4.69) is 9.97 Å². The lowest BCUT2D eigenvalue weighted by atomic mass is 10.0. The zero-order valence-electron chi connectivity index (χ0n) is 14.3. The number of fused-ring (bicyclic) bond motifs is 1. The van der Waals surface area contributed by atoms with Crippen molar-refractivity contribution in [3.05, 3.63) is 52.2 Å². The minimum absolute atomic E-state index is 0.0435. The molecule has 0 unspecified atom stereocenters. The summed E-state index contributed by atoms with van der Waals surface area (Å²) in [6.07, 6.45) is -0.640. The quantitative estimate of drug-likeness (QED) is 0.574. The van der Waals surface area contributed by atoms with Crippen molar-refractivity contribution in [2.75, 3.05) is 6.54 Å². The molecule has 0 aliphatic heterocycles. The average Bonchev–Trinajstić information content (AvgIpc) is 2.93. The molecule has 0 bridgehead atoms. The number of aryl methyl sites for hydroxylation is 2. The van der Waals surface area contributed by atoms with E-state index in [1.807, 2.05) is 13.0 Å². The molecule has 0 fully saturated rings. The Morgan fingerprint density at radius 3 is 2.58 bits per heavy atom. The number of benzene rings is 1. The first-order valence-electron chi connectivity index (χ1n) is 8.35. The fourth-order valence-electron chi connectivity index (χ4n) is 3.08. The van der Waals surface area contributed by atoms with E-state index in [1.54, 1.807) is 18.3 Å². The van der Waals surface area contributed by atoms with Crippen molar-refractivity contribution in [3.8, 4) is 11.4 Å². The second-order valence-electron chi connectivity index (χ2n) is 6.32. The van der Waals surface area contributed by atoms with Gasteiger partial charge in [0.1, 0.15) is 0 Å². The summed E-state index contributed by atoms with van der Waals surface area (Å²) in [4.78, 5) is 7.33. The van der Waals surface area contributed by atoms with E-state index in [1.165, 1.54) is 0 Å². The highest BCUT2D eigenvalue weighted by molar-refractivity contribution is 6.31. The third kappa shape index (κ3) is 3.71. The Hall–Kier alpha value is -2.05. The van der Waals surface area contributed by atoms with E-state index in [-0.39, 0.29) is 10.5 Å². The topological polar surface area (TPSA) is 54.7 Å². The highest BCUT2D eigenvalue weighted by Gasteiger charge is 2.34. The minimum atomic E-state index is -4.50. The number of rotatable bonds is 5. The number of hydrogen-bond donors (Lipinski definition) is 2. The van der Waals surface area contributed by atoms with Gasteiger partial charge in [0.2, 0.25) is 0 Å². The van der Waals surface area contributed by atoms with Crippen LogP contribution >= 0.6 is 11.6 Å². The van der Waals surface area contributed by atoms with Crippen LogP contribution in [0.5, 0.6) is 0 Å². The molecule has 0 saturated carbocycles. The van der Waals surface area contributed by atoms with Crippen molar-refractivity contribution < 1.29 is 13.2 Å². The van der Waals surface area contributed by atoms with Gasteiger partial charge in [0.15, 0.2) is 0 Å². The number of aromatic nitrogens is 2. The molecule has 138 valence electrons. The molecule has 0 aliphatic rings. The van der Waals surface area contributed by atoms with Crippen LogP contribution < -0.4 is 5.73 Å². The fourth-order valence-corrected chi connectivity index (χ4v) is 3.30. The summed E-state index contributed by atoms with van der Waals surface area (Å²) in [6.45, 7) is 2.45. The third-order valence-electron chi connectivity index (χ3n) is 4.33. The summed E-state index contributed by atoms with van der Waals surface area (Å²) >= 11 is 5.99. The van der Waals surface area contributed by atoms with Gasteiger partial charge in [-0.25, -0.2) is 0 Å². The number of unbranched alkanes of at least 4 members (excludes halogenated alkanes) is 1. The van der Waals surface area contributed by atoms with Gasteiger partial charge < -0.3 is 10.7 Å². The lowest BCUT2D eigenvalue weighted by molar-refractivity contribution is -0.136. The molecule has 1 aromatic carbocycles. The normalized spacial score (nSPS) is 12.1. The maximum Gasteiger partial charge on any atom is 0.418 e. The van der Waals surface area contributed by atoms with E-state index >= 15 is 0 Å². The van der Waals surface area contributed by atoms with Gasteiger partial charge in [0.05, 0.1) is 22.5 Å². The van der Waals surface area contributed by atoms with E-state index in [0.717, 1.165) is 30.0 Å². The number of alkyl halides is 3. The molecule has 3 rings (SSSR count). The first kappa shape index (κ1) is 18.7. The first-order chi connectivity index (χ1) is 12.3. The predicted molar refractivity (Wildman–Crippen MR) is 98.3 cm³/mol. The summed E-state index contributed by atoms with van der Waals surface area (Å²) < 4.78 is 40.5. The molecule has 0 amide bonds. The van der Waals surface area contributed by atoms with E-state index in [4.69, 9.17) is 17.3 Å². The molecule has 0 radical (unpaired) electrons. The molecule has 0 spiro atoms. The number of pyridine rings is 1. The van der Waals surface area contributed by atoms with Gasteiger partial charge in [-0.05, 0) is 62.1 Å². The molecule has 7 heteroatoms. The van der Waals surface area contributed by atoms with Crippen LogP contribution in [0.1, 0.15) is 29.5 Å². The lowest BCUT2D eigenvalue weighted by Gasteiger charge is -2.09. The van der Waals surface area contributed by atoms with Gasteiger partial charge >= 0.3 is 6.18 Å². The lowest BCUT2D eigenvalue weighted by Crippen LogP contribution is -2.05. The summed E-state index contributed by atoms with van der Waals surface area (Å²) in [5.41, 5.74) is 7.82. The van der Waals surface area contributed by atoms with Crippen molar-refractivity contribution in [1.29, 1.82) is 0 Å². The average molecular weight is 382 g/mol. The Labute approximate surface area is 154 Å². The van der Waals surface area contributed by atoms with Gasteiger partial charge in [-0.15, -0.1) is 0 Å². The van der Waals surface area contributed by atoms with Crippen molar-refractivity contribution in [2.24, 2.45) is 5.73 Å². The Bertz CT molecular complexity index is 914. The van der Waals surface area contributed by atoms with Gasteiger partial charge in [-0.2, -0.15) is 13.2 Å². The minimum Gasteiger partial charge on any atom is -0.353 e. The van der Waals surface area contributed by atoms with Crippen molar-refractivity contribution in [1.82, 2.24) is 9.97 Å². The van der Waals surface area contributed by atoms with Gasteiger partial charge in [0, 0.05) is 16.6 Å². The number of halogens is 4. The molecular weight excluding hydrogens is 363 g/mol. The summed E-state index contributed by atoms with van der Waals surface area (Å²) in [5.74, 6) is 0. The third-order valence-corrected chi connectivity index (χ3v) is 4.55. The molecule has 0 saturated heterocycles. The van der Waals surface area contributed by atoms with Crippen LogP contribution in [0, 0.1) is 6.92 Å². The van der Waals surface area contributed by atoms with E-state index < -0.39 is 11.7 Å². The van der Waals surface area contributed by atoms with Crippen molar-refractivity contribution in [3.63, 3.8) is 0 Å². The maximum absolute atomic E-state index is 13.5. The Kier molecular flexibility index (Phi) is 5.25. The Balaban J connectivity index is 2.25. The second kappa shape index (κ2) is 7.29. The van der Waals surface area contributed by atoms with Gasteiger partial charge in [0.25, 0.3) is 0 Å². The molecule has 3 N–H and O–H groups in total. The number of nitrogens with one attached hydrogen (secondary N) is 1. The number of hydrogen-bond acceptors (Lipinski definition) is 2. The van der Waals surface area contributed by atoms with Crippen molar-refractivity contribution in [2.45, 2.75) is 32.4 Å². The van der Waals surface area contributed by atoms with Crippen LogP contribution in [0.2, 0.25) is 5.02 Å². The van der Waals surface area contributed by atoms with Crippen LogP contribution in [-0.4, -0.2) is 16.5 Å². The first-order valence-corrected chi connectivity index (χ1v) is 8.73. The summed E-state index contributed by atoms with van der Waals surface area (Å²) in [5, 5.41) is 0.548. The smallest absolute Gasteiger partial charge is 0.353 e. The van der Waals surface area contributed by atoms with Crippen LogP contribution in [-0.2, 0) is 12.6 Å². The number of H-pyrrole nitrogens is 1. The second-order valence-corrected chi connectivity index (χ2v) is 6.76. The maximum atomic E-state index is 13.5. The Morgan fingerprint density at radius 1 is 1.19 bits per heavy atom. The SMILES string of the molecule is Cc1ccc(-c2[nH]c3c(C(F)(F)F)cc(Cl)cc3c2CCCCN)nc1. The largest absolute Gasteiger partial charge is 0.418 e. The highest BCUT2D eigenvalue weighted by Crippen LogP contribution is 2.40. The zero-order valence-corrected chi connectivity index (χ0v) is 15.0. The van der Waals surface area contributed by atoms with E-state index in [0.29, 0.717) is 29.7 Å². The van der Waals surface area contributed by atoms with Crippen LogP contribution in [0.15, 0.2) is 30.5 Å². The van der Waals surface area contributed by atoms with Crippen molar-refractivity contribution >= 4 is 22.5 Å². The number of nitrogens with two attached hydrogens (primary N) is 1. The molecule has 3 aromatic rings. The monoisotopic (exact) mass is 381 g/mol. The summed E-state index contributed by atoms with van der Waals surface area (Å²) in [7, 11) is 0. The molecule has 26 heavy (non-hydrogen) atoms. The number of nitrogens with zero attached hydrogens (tertiary/aromatic N) is 1. The zero-order chi connectivity index (χ0) is 18.9.